The van der Waals surface area contributed by atoms with E-state index in [1.165, 1.54) is 0 Å². The predicted octanol–water partition coefficient (Wildman–Crippen LogP) is 3.84. The zero-order valence-corrected chi connectivity index (χ0v) is 15.3. The first-order valence-electron chi connectivity index (χ1n) is 8.57. The maximum Gasteiger partial charge on any atom is 0.257 e. The van der Waals surface area contributed by atoms with Crippen LogP contribution in [0.4, 0.5) is 5.69 Å². The number of hydrogen-bond donors (Lipinski definition) is 1. The highest BCUT2D eigenvalue weighted by atomic mass is 35.5. The molecule has 6 heteroatoms. The summed E-state index contributed by atoms with van der Waals surface area (Å²) in [6.07, 6.45) is 1.26. The van der Waals surface area contributed by atoms with Crippen LogP contribution in [0.25, 0.3) is 0 Å². The summed E-state index contributed by atoms with van der Waals surface area (Å²) < 4.78 is 5.27. The van der Waals surface area contributed by atoms with E-state index in [1.807, 2.05) is 18.2 Å². The molecule has 0 atom stereocenters. The molecule has 0 spiro atoms. The fourth-order valence-electron chi connectivity index (χ4n) is 3.15. The molecule has 0 saturated carbocycles. The maximum atomic E-state index is 12.7. The van der Waals surface area contributed by atoms with Gasteiger partial charge in [-0.2, -0.15) is 0 Å². The fraction of sp³-hybridized carbons (Fsp3) is 0.300. The Labute approximate surface area is 157 Å². The maximum absolute atomic E-state index is 12.7. The monoisotopic (exact) mass is 372 g/mol. The first kappa shape index (κ1) is 18.3. The number of piperidine rings is 1. The second-order valence-electron chi connectivity index (χ2n) is 6.27. The van der Waals surface area contributed by atoms with Gasteiger partial charge in [-0.15, -0.1) is 0 Å². The van der Waals surface area contributed by atoms with Crippen LogP contribution < -0.4 is 10.1 Å². The molecular formula is C20H21ClN2O3. The van der Waals surface area contributed by atoms with Gasteiger partial charge in [-0.25, -0.2) is 0 Å². The number of nitrogens with one attached hydrogen (secondary N) is 1. The van der Waals surface area contributed by atoms with Gasteiger partial charge in [0.25, 0.3) is 5.91 Å². The predicted molar refractivity (Wildman–Crippen MR) is 102 cm³/mol. The zero-order chi connectivity index (χ0) is 18.5. The van der Waals surface area contributed by atoms with E-state index in [2.05, 4.69) is 5.32 Å². The number of hydrogen-bond acceptors (Lipinski definition) is 3. The molecule has 1 fully saturated rings. The number of amides is 2. The van der Waals surface area contributed by atoms with Gasteiger partial charge in [-0.05, 0) is 43.2 Å². The minimum atomic E-state index is -0.115. The number of likely N-dealkylation sites (tertiary alicyclic amines) is 1. The third-order valence-electron chi connectivity index (χ3n) is 4.58. The first-order chi connectivity index (χ1) is 12.6. The lowest BCUT2D eigenvalue weighted by atomic mass is 9.95. The summed E-state index contributed by atoms with van der Waals surface area (Å²) >= 11 is 5.95. The van der Waals surface area contributed by atoms with Gasteiger partial charge in [0.1, 0.15) is 5.75 Å². The molecule has 3 rings (SSSR count). The van der Waals surface area contributed by atoms with Gasteiger partial charge >= 0.3 is 0 Å². The Bertz CT molecular complexity index is 801. The average molecular weight is 373 g/mol. The molecule has 1 saturated heterocycles. The second-order valence-corrected chi connectivity index (χ2v) is 6.70. The average Bonchev–Trinajstić information content (AvgIpc) is 2.67. The summed E-state index contributed by atoms with van der Waals surface area (Å²) in [5, 5.41) is 3.48. The highest BCUT2D eigenvalue weighted by molar-refractivity contribution is 6.30. The molecule has 0 unspecified atom stereocenters. The summed E-state index contributed by atoms with van der Waals surface area (Å²) in [6.45, 7) is 1.09. The Hall–Kier alpha value is -2.53. The molecule has 1 heterocycles. The van der Waals surface area contributed by atoms with Crippen LogP contribution in [0.3, 0.4) is 0 Å². The van der Waals surface area contributed by atoms with Gasteiger partial charge in [0.2, 0.25) is 5.91 Å². The molecule has 26 heavy (non-hydrogen) atoms. The summed E-state index contributed by atoms with van der Waals surface area (Å²) in [5.41, 5.74) is 1.24. The van der Waals surface area contributed by atoms with E-state index in [0.717, 1.165) is 0 Å². The summed E-state index contributed by atoms with van der Waals surface area (Å²) in [4.78, 5) is 26.9. The summed E-state index contributed by atoms with van der Waals surface area (Å²) in [7, 11) is 1.55. The molecule has 0 radical (unpaired) electrons. The van der Waals surface area contributed by atoms with Crippen molar-refractivity contribution in [3.05, 3.63) is 59.1 Å². The molecule has 0 aliphatic carbocycles. The molecule has 2 aromatic rings. The van der Waals surface area contributed by atoms with Crippen LogP contribution >= 0.6 is 11.6 Å². The highest BCUT2D eigenvalue weighted by Gasteiger charge is 2.28. The number of nitrogens with zero attached hydrogens (tertiary/aromatic N) is 1. The normalized spacial score (nSPS) is 14.8. The minimum absolute atomic E-state index is 0.0309. The Morgan fingerprint density at radius 3 is 2.54 bits per heavy atom. The van der Waals surface area contributed by atoms with Crippen molar-refractivity contribution < 1.29 is 14.3 Å². The van der Waals surface area contributed by atoms with Crippen molar-refractivity contribution in [1.82, 2.24) is 4.90 Å². The van der Waals surface area contributed by atoms with Crippen molar-refractivity contribution in [2.45, 2.75) is 12.8 Å². The Morgan fingerprint density at radius 1 is 1.12 bits per heavy atom. The first-order valence-corrected chi connectivity index (χ1v) is 8.95. The number of carbonyl (C=O) groups is 2. The van der Waals surface area contributed by atoms with Gasteiger partial charge in [0.15, 0.2) is 0 Å². The van der Waals surface area contributed by atoms with Crippen molar-refractivity contribution in [3.8, 4) is 5.75 Å². The SMILES string of the molecule is COc1ccccc1C(=O)N1CCC(C(=O)Nc2cccc(Cl)c2)CC1. The van der Waals surface area contributed by atoms with Crippen LogP contribution in [-0.2, 0) is 4.79 Å². The Morgan fingerprint density at radius 2 is 1.85 bits per heavy atom. The molecule has 5 nitrogen and oxygen atoms in total. The third kappa shape index (κ3) is 4.17. The van der Waals surface area contributed by atoms with E-state index in [0.29, 0.717) is 48.0 Å². The van der Waals surface area contributed by atoms with Crippen molar-refractivity contribution >= 4 is 29.1 Å². The largest absolute Gasteiger partial charge is 0.496 e. The summed E-state index contributed by atoms with van der Waals surface area (Å²) in [5.74, 6) is 0.363. The van der Waals surface area contributed by atoms with E-state index in [9.17, 15) is 9.59 Å². The van der Waals surface area contributed by atoms with Crippen LogP contribution in [0.2, 0.25) is 5.02 Å². The number of methoxy groups -OCH3 is 1. The van der Waals surface area contributed by atoms with E-state index in [1.54, 1.807) is 42.3 Å². The molecule has 2 aromatic carbocycles. The molecule has 1 N–H and O–H groups in total. The zero-order valence-electron chi connectivity index (χ0n) is 14.6. The van der Waals surface area contributed by atoms with Gasteiger partial charge in [-0.1, -0.05) is 29.8 Å². The Kier molecular flexibility index (Phi) is 5.78. The number of benzene rings is 2. The second kappa shape index (κ2) is 8.23. The quantitative estimate of drug-likeness (QED) is 0.887. The van der Waals surface area contributed by atoms with Crippen LogP contribution in [0, 0.1) is 5.92 Å². The van der Waals surface area contributed by atoms with Crippen LogP contribution in [0.5, 0.6) is 5.75 Å². The van der Waals surface area contributed by atoms with Gasteiger partial charge < -0.3 is 15.0 Å². The molecule has 0 aromatic heterocycles. The number of halogens is 1. The molecule has 2 amide bonds. The number of rotatable bonds is 4. The molecule has 0 bridgehead atoms. The third-order valence-corrected chi connectivity index (χ3v) is 4.82. The van der Waals surface area contributed by atoms with E-state index in [-0.39, 0.29) is 17.7 Å². The van der Waals surface area contributed by atoms with Crippen molar-refractivity contribution in [2.24, 2.45) is 5.92 Å². The summed E-state index contributed by atoms with van der Waals surface area (Å²) in [6, 6.07) is 14.3. The van der Waals surface area contributed by atoms with Crippen LogP contribution in [-0.4, -0.2) is 36.9 Å². The number of carbonyl (C=O) groups excluding carboxylic acids is 2. The number of ether oxygens (including phenoxy) is 1. The Balaban J connectivity index is 1.58. The molecule has 1 aliphatic rings. The standard InChI is InChI=1S/C20H21ClN2O3/c1-26-18-8-3-2-7-17(18)20(25)23-11-9-14(10-12-23)19(24)22-16-6-4-5-15(21)13-16/h2-8,13-14H,9-12H2,1H3,(H,22,24). The van der Waals surface area contributed by atoms with Crippen LogP contribution in [0.15, 0.2) is 48.5 Å². The van der Waals surface area contributed by atoms with E-state index in [4.69, 9.17) is 16.3 Å². The molecular weight excluding hydrogens is 352 g/mol. The van der Waals surface area contributed by atoms with Crippen LogP contribution in [0.1, 0.15) is 23.2 Å². The topological polar surface area (TPSA) is 58.6 Å². The number of anilines is 1. The van der Waals surface area contributed by atoms with Gasteiger partial charge in [0, 0.05) is 29.7 Å². The molecule has 136 valence electrons. The molecule has 1 aliphatic heterocycles. The van der Waals surface area contributed by atoms with Crippen molar-refractivity contribution in [1.29, 1.82) is 0 Å². The smallest absolute Gasteiger partial charge is 0.257 e. The lowest BCUT2D eigenvalue weighted by Crippen LogP contribution is -2.41. The van der Waals surface area contributed by atoms with Gasteiger partial charge in [-0.3, -0.25) is 9.59 Å². The van der Waals surface area contributed by atoms with E-state index < -0.39 is 0 Å². The number of para-hydroxylation sites is 1. The lowest BCUT2D eigenvalue weighted by molar-refractivity contribution is -0.121. The van der Waals surface area contributed by atoms with Gasteiger partial charge in [0.05, 0.1) is 12.7 Å². The minimum Gasteiger partial charge on any atom is -0.496 e. The van der Waals surface area contributed by atoms with Crippen molar-refractivity contribution in [3.63, 3.8) is 0 Å². The van der Waals surface area contributed by atoms with E-state index >= 15 is 0 Å². The van der Waals surface area contributed by atoms with Crippen molar-refractivity contribution in [2.75, 3.05) is 25.5 Å². The fourth-order valence-corrected chi connectivity index (χ4v) is 3.34. The lowest BCUT2D eigenvalue weighted by Gasteiger charge is -2.31. The highest BCUT2D eigenvalue weighted by Crippen LogP contribution is 2.25.